The van der Waals surface area contributed by atoms with Crippen LogP contribution in [0, 0.1) is 13.8 Å². The standard InChI is InChI=1S/C20H30ClN3O3/c1-13-10-14(2)19(17(21)11-13)22-20(27)15(3)24-8-5-6-16(7-9-24)23(4)12-18(25)26/h10-11,15-16H,5-9,12H2,1-4H3,(H,22,27)(H,25,26). The van der Waals surface area contributed by atoms with Crippen LogP contribution >= 0.6 is 11.6 Å². The number of carbonyl (C=O) groups excluding carboxylic acids is 1. The number of nitrogens with zero attached hydrogens (tertiary/aromatic N) is 2. The number of aryl methyl sites for hydroxylation is 2. The van der Waals surface area contributed by atoms with Crippen LogP contribution in [-0.4, -0.2) is 65.5 Å². The summed E-state index contributed by atoms with van der Waals surface area (Å²) in [5, 5.41) is 12.5. The number of carboxylic acids is 1. The third kappa shape index (κ3) is 5.92. The highest BCUT2D eigenvalue weighted by Gasteiger charge is 2.27. The van der Waals surface area contributed by atoms with Crippen LogP contribution in [0.5, 0.6) is 0 Å². The fourth-order valence-corrected chi connectivity index (χ4v) is 4.11. The number of aliphatic carboxylic acids is 1. The van der Waals surface area contributed by atoms with Gasteiger partial charge in [0.2, 0.25) is 5.91 Å². The smallest absolute Gasteiger partial charge is 0.317 e. The normalized spacial score (nSPS) is 19.6. The van der Waals surface area contributed by atoms with Crippen LogP contribution in [0.25, 0.3) is 0 Å². The monoisotopic (exact) mass is 395 g/mol. The fourth-order valence-electron chi connectivity index (χ4n) is 3.74. The van der Waals surface area contributed by atoms with Crippen molar-refractivity contribution in [1.29, 1.82) is 0 Å². The summed E-state index contributed by atoms with van der Waals surface area (Å²) < 4.78 is 0. The van der Waals surface area contributed by atoms with Crippen LogP contribution in [0.4, 0.5) is 5.69 Å². The van der Waals surface area contributed by atoms with E-state index >= 15 is 0 Å². The molecule has 2 atom stereocenters. The van der Waals surface area contributed by atoms with Crippen LogP contribution in [0.2, 0.25) is 5.02 Å². The van der Waals surface area contributed by atoms with Gasteiger partial charge in [-0.3, -0.25) is 19.4 Å². The first kappa shape index (κ1) is 21.7. The first-order valence-corrected chi connectivity index (χ1v) is 9.80. The van der Waals surface area contributed by atoms with E-state index in [0.29, 0.717) is 10.7 Å². The molecule has 27 heavy (non-hydrogen) atoms. The van der Waals surface area contributed by atoms with Gasteiger partial charge >= 0.3 is 5.97 Å². The average molecular weight is 396 g/mol. The van der Waals surface area contributed by atoms with E-state index in [1.807, 2.05) is 44.9 Å². The molecule has 0 aliphatic carbocycles. The molecule has 0 saturated carbocycles. The van der Waals surface area contributed by atoms with E-state index in [4.69, 9.17) is 16.7 Å². The largest absolute Gasteiger partial charge is 0.480 e. The van der Waals surface area contributed by atoms with Gasteiger partial charge in [0.25, 0.3) is 0 Å². The summed E-state index contributed by atoms with van der Waals surface area (Å²) in [7, 11) is 1.85. The van der Waals surface area contributed by atoms with Crippen molar-refractivity contribution < 1.29 is 14.7 Å². The molecule has 1 aromatic carbocycles. The lowest BCUT2D eigenvalue weighted by molar-refractivity contribution is -0.138. The van der Waals surface area contributed by atoms with Crippen molar-refractivity contribution in [2.75, 3.05) is 32.0 Å². The molecular formula is C20H30ClN3O3. The van der Waals surface area contributed by atoms with Crippen LogP contribution in [-0.2, 0) is 9.59 Å². The van der Waals surface area contributed by atoms with Crippen molar-refractivity contribution in [2.24, 2.45) is 0 Å². The van der Waals surface area contributed by atoms with Gasteiger partial charge in [0, 0.05) is 12.6 Å². The number of hydrogen-bond donors (Lipinski definition) is 2. The Morgan fingerprint density at radius 3 is 2.67 bits per heavy atom. The minimum atomic E-state index is -0.809. The zero-order valence-corrected chi connectivity index (χ0v) is 17.3. The molecule has 2 rings (SSSR count). The molecule has 1 aliphatic heterocycles. The van der Waals surface area contributed by atoms with E-state index in [1.165, 1.54) is 0 Å². The second-order valence-electron chi connectivity index (χ2n) is 7.53. The lowest BCUT2D eigenvalue weighted by Gasteiger charge is -2.28. The molecule has 1 saturated heterocycles. The van der Waals surface area contributed by atoms with Crippen LogP contribution in [0.3, 0.4) is 0 Å². The Morgan fingerprint density at radius 1 is 1.33 bits per heavy atom. The van der Waals surface area contributed by atoms with Crippen molar-refractivity contribution >= 4 is 29.2 Å². The molecule has 150 valence electrons. The van der Waals surface area contributed by atoms with Gasteiger partial charge in [0.15, 0.2) is 0 Å². The van der Waals surface area contributed by atoms with Gasteiger partial charge in [-0.1, -0.05) is 17.7 Å². The maximum Gasteiger partial charge on any atom is 0.317 e. The topological polar surface area (TPSA) is 72.9 Å². The molecule has 1 aromatic rings. The number of anilines is 1. The van der Waals surface area contributed by atoms with Crippen LogP contribution < -0.4 is 5.32 Å². The Bertz CT molecular complexity index is 672. The number of carboxylic acid groups (broad SMARTS) is 1. The maximum absolute atomic E-state index is 12.8. The molecule has 6 nitrogen and oxygen atoms in total. The minimum Gasteiger partial charge on any atom is -0.480 e. The molecule has 1 amide bonds. The van der Waals surface area contributed by atoms with E-state index in [0.717, 1.165) is 43.5 Å². The fraction of sp³-hybridized carbons (Fsp3) is 0.600. The molecular weight excluding hydrogens is 366 g/mol. The highest BCUT2D eigenvalue weighted by atomic mass is 35.5. The molecule has 1 aliphatic rings. The van der Waals surface area contributed by atoms with Crippen molar-refractivity contribution in [1.82, 2.24) is 9.80 Å². The average Bonchev–Trinajstić information content (AvgIpc) is 2.82. The first-order chi connectivity index (χ1) is 12.7. The first-order valence-electron chi connectivity index (χ1n) is 9.42. The summed E-state index contributed by atoms with van der Waals surface area (Å²) in [6, 6.07) is 3.81. The zero-order valence-electron chi connectivity index (χ0n) is 16.6. The second kappa shape index (κ2) is 9.53. The lowest BCUT2D eigenvalue weighted by Crippen LogP contribution is -2.43. The van der Waals surface area contributed by atoms with E-state index in [-0.39, 0.29) is 24.5 Å². The lowest BCUT2D eigenvalue weighted by atomic mass is 10.1. The van der Waals surface area contributed by atoms with E-state index < -0.39 is 5.97 Å². The molecule has 0 radical (unpaired) electrons. The maximum atomic E-state index is 12.8. The molecule has 1 heterocycles. The van der Waals surface area contributed by atoms with Crippen molar-refractivity contribution in [3.63, 3.8) is 0 Å². The van der Waals surface area contributed by atoms with Gasteiger partial charge in [0.1, 0.15) is 0 Å². The predicted molar refractivity (Wildman–Crippen MR) is 108 cm³/mol. The summed E-state index contributed by atoms with van der Waals surface area (Å²) in [5.74, 6) is -0.877. The quantitative estimate of drug-likeness (QED) is 0.774. The highest BCUT2D eigenvalue weighted by molar-refractivity contribution is 6.34. The third-order valence-corrected chi connectivity index (χ3v) is 5.65. The Hall–Kier alpha value is -1.63. The number of carbonyl (C=O) groups is 2. The molecule has 1 fully saturated rings. The summed E-state index contributed by atoms with van der Waals surface area (Å²) in [6.45, 7) is 7.46. The summed E-state index contributed by atoms with van der Waals surface area (Å²) in [4.78, 5) is 27.8. The number of likely N-dealkylation sites (tertiary alicyclic amines) is 1. The van der Waals surface area contributed by atoms with E-state index in [2.05, 4.69) is 10.2 Å². The number of rotatable bonds is 6. The Morgan fingerprint density at radius 2 is 2.04 bits per heavy atom. The van der Waals surface area contributed by atoms with Crippen molar-refractivity contribution in [2.45, 2.75) is 52.1 Å². The van der Waals surface area contributed by atoms with E-state index in [9.17, 15) is 9.59 Å². The third-order valence-electron chi connectivity index (χ3n) is 5.35. The van der Waals surface area contributed by atoms with Gasteiger partial charge in [-0.15, -0.1) is 0 Å². The van der Waals surface area contributed by atoms with Gasteiger partial charge < -0.3 is 10.4 Å². The summed E-state index contributed by atoms with van der Waals surface area (Å²) in [6.07, 6.45) is 2.74. The predicted octanol–water partition coefficient (Wildman–Crippen LogP) is 3.15. The minimum absolute atomic E-state index is 0.0475. The second-order valence-corrected chi connectivity index (χ2v) is 7.94. The number of nitrogens with one attached hydrogen (secondary N) is 1. The number of halogens is 1. The molecule has 0 spiro atoms. The van der Waals surface area contributed by atoms with Crippen molar-refractivity contribution in [3.8, 4) is 0 Å². The molecule has 0 bridgehead atoms. The SMILES string of the molecule is Cc1cc(C)c(NC(=O)C(C)N2CCCC(N(C)CC(=O)O)CC2)c(Cl)c1. The molecule has 0 aromatic heterocycles. The molecule has 2 unspecified atom stereocenters. The summed E-state index contributed by atoms with van der Waals surface area (Å²) in [5.41, 5.74) is 2.69. The van der Waals surface area contributed by atoms with E-state index in [1.54, 1.807) is 0 Å². The van der Waals surface area contributed by atoms with Gasteiger partial charge in [-0.25, -0.2) is 0 Å². The van der Waals surface area contributed by atoms with Gasteiger partial charge in [-0.05, 0) is 70.8 Å². The Labute approximate surface area is 166 Å². The van der Waals surface area contributed by atoms with Gasteiger partial charge in [-0.2, -0.15) is 0 Å². The Balaban J connectivity index is 1.98. The highest BCUT2D eigenvalue weighted by Crippen LogP contribution is 2.28. The summed E-state index contributed by atoms with van der Waals surface area (Å²) >= 11 is 6.31. The number of likely N-dealkylation sites (N-methyl/N-ethyl adjacent to an activating group) is 1. The number of hydrogen-bond acceptors (Lipinski definition) is 4. The molecule has 2 N–H and O–H groups in total. The Kier molecular flexibility index (Phi) is 7.65. The van der Waals surface area contributed by atoms with Crippen molar-refractivity contribution in [3.05, 3.63) is 28.3 Å². The van der Waals surface area contributed by atoms with Gasteiger partial charge in [0.05, 0.1) is 23.3 Å². The number of amides is 1. The molecule has 7 heteroatoms. The zero-order chi connectivity index (χ0) is 20.1. The van der Waals surface area contributed by atoms with Crippen LogP contribution in [0.1, 0.15) is 37.3 Å². The van der Waals surface area contributed by atoms with Crippen LogP contribution in [0.15, 0.2) is 12.1 Å². The number of benzene rings is 1.